The number of nitrogens with zero attached hydrogens (tertiary/aromatic N) is 1. The molecule has 3 rings (SSSR count). The zero-order valence-electron chi connectivity index (χ0n) is 11.1. The molecule has 2 aromatic heterocycles. The molecule has 0 radical (unpaired) electrons. The summed E-state index contributed by atoms with van der Waals surface area (Å²) in [6.45, 7) is 1.97. The van der Waals surface area contributed by atoms with E-state index in [0.717, 1.165) is 16.6 Å². The molecule has 1 unspecified atom stereocenters. The summed E-state index contributed by atoms with van der Waals surface area (Å²) in [6.07, 6.45) is 1.71. The van der Waals surface area contributed by atoms with Crippen molar-refractivity contribution >= 4 is 16.9 Å². The maximum absolute atomic E-state index is 12.2. The number of fused-ring (bicyclic) bond motifs is 1. The van der Waals surface area contributed by atoms with E-state index in [1.165, 1.54) is 0 Å². The number of benzene rings is 1. The molecule has 2 heterocycles. The van der Waals surface area contributed by atoms with E-state index in [-0.39, 0.29) is 11.9 Å². The molecule has 0 aliphatic rings. The number of carbonyl (C=O) groups is 1. The average Bonchev–Trinajstić information content (AvgIpc) is 2.92. The van der Waals surface area contributed by atoms with Crippen molar-refractivity contribution < 1.29 is 4.79 Å². The second-order valence-electron chi connectivity index (χ2n) is 4.73. The lowest BCUT2D eigenvalue weighted by molar-refractivity contribution is 0.0935. The first-order valence-corrected chi connectivity index (χ1v) is 6.53. The van der Waals surface area contributed by atoms with E-state index < -0.39 is 0 Å². The first-order chi connectivity index (χ1) is 9.74. The van der Waals surface area contributed by atoms with Gasteiger partial charge in [0.1, 0.15) is 5.69 Å². The van der Waals surface area contributed by atoms with Crippen LogP contribution in [0.2, 0.25) is 0 Å². The smallest absolute Gasteiger partial charge is 0.268 e. The van der Waals surface area contributed by atoms with Crippen LogP contribution in [-0.2, 0) is 0 Å². The number of H-pyrrole nitrogens is 1. The van der Waals surface area contributed by atoms with Crippen LogP contribution in [0.15, 0.2) is 54.7 Å². The van der Waals surface area contributed by atoms with E-state index in [2.05, 4.69) is 15.3 Å². The van der Waals surface area contributed by atoms with Gasteiger partial charge in [0.2, 0.25) is 0 Å². The molecule has 0 bridgehead atoms. The van der Waals surface area contributed by atoms with Crippen molar-refractivity contribution in [1.29, 1.82) is 0 Å². The molecular weight excluding hydrogens is 250 g/mol. The number of pyridine rings is 1. The van der Waals surface area contributed by atoms with E-state index in [1.807, 2.05) is 49.4 Å². The second kappa shape index (κ2) is 5.17. The fourth-order valence-corrected chi connectivity index (χ4v) is 2.18. The van der Waals surface area contributed by atoms with Crippen molar-refractivity contribution in [1.82, 2.24) is 15.3 Å². The summed E-state index contributed by atoms with van der Waals surface area (Å²) < 4.78 is 0. The second-order valence-corrected chi connectivity index (χ2v) is 4.73. The largest absolute Gasteiger partial charge is 0.349 e. The van der Waals surface area contributed by atoms with Crippen LogP contribution < -0.4 is 5.32 Å². The lowest BCUT2D eigenvalue weighted by atomic mass is 10.1. The molecule has 1 aromatic carbocycles. The Morgan fingerprint density at radius 2 is 2.00 bits per heavy atom. The SMILES string of the molecule is CC(NC(=O)c1cc2ncccc2[nH]1)c1ccccc1. The summed E-state index contributed by atoms with van der Waals surface area (Å²) in [7, 11) is 0. The Morgan fingerprint density at radius 1 is 1.20 bits per heavy atom. The number of hydrogen-bond acceptors (Lipinski definition) is 2. The van der Waals surface area contributed by atoms with Crippen molar-refractivity contribution in [2.45, 2.75) is 13.0 Å². The van der Waals surface area contributed by atoms with Crippen LogP contribution in [0.25, 0.3) is 11.0 Å². The molecule has 1 amide bonds. The molecule has 4 nitrogen and oxygen atoms in total. The molecule has 2 N–H and O–H groups in total. The van der Waals surface area contributed by atoms with Gasteiger partial charge in [-0.2, -0.15) is 0 Å². The first-order valence-electron chi connectivity index (χ1n) is 6.53. The minimum Gasteiger partial charge on any atom is -0.349 e. The fourth-order valence-electron chi connectivity index (χ4n) is 2.18. The molecule has 1 atom stereocenters. The van der Waals surface area contributed by atoms with E-state index >= 15 is 0 Å². The highest BCUT2D eigenvalue weighted by atomic mass is 16.1. The van der Waals surface area contributed by atoms with E-state index in [4.69, 9.17) is 0 Å². The number of nitrogens with one attached hydrogen (secondary N) is 2. The van der Waals surface area contributed by atoms with Gasteiger partial charge in [-0.1, -0.05) is 30.3 Å². The highest BCUT2D eigenvalue weighted by Crippen LogP contribution is 2.15. The topological polar surface area (TPSA) is 57.8 Å². The predicted molar refractivity (Wildman–Crippen MR) is 78.4 cm³/mol. The molecule has 20 heavy (non-hydrogen) atoms. The van der Waals surface area contributed by atoms with Gasteiger partial charge in [-0.25, -0.2) is 0 Å². The third-order valence-corrected chi connectivity index (χ3v) is 3.28. The Kier molecular flexibility index (Phi) is 3.21. The standard InChI is InChI=1S/C16H15N3O/c1-11(12-6-3-2-4-7-12)18-16(20)15-10-14-13(19-15)8-5-9-17-14/h2-11,19H,1H3,(H,18,20). The lowest BCUT2D eigenvalue weighted by Gasteiger charge is -2.13. The van der Waals surface area contributed by atoms with E-state index in [1.54, 1.807) is 12.3 Å². The lowest BCUT2D eigenvalue weighted by Crippen LogP contribution is -2.26. The Bertz CT molecular complexity index is 701. The highest BCUT2D eigenvalue weighted by molar-refractivity contribution is 5.97. The number of rotatable bonds is 3. The fraction of sp³-hybridized carbons (Fsp3) is 0.125. The van der Waals surface area contributed by atoms with Gasteiger partial charge in [-0.3, -0.25) is 9.78 Å². The number of hydrogen-bond donors (Lipinski definition) is 2. The average molecular weight is 265 g/mol. The quantitative estimate of drug-likeness (QED) is 0.764. The Labute approximate surface area is 116 Å². The Hall–Kier alpha value is -2.62. The summed E-state index contributed by atoms with van der Waals surface area (Å²) in [4.78, 5) is 19.5. The summed E-state index contributed by atoms with van der Waals surface area (Å²) in [5.74, 6) is -0.126. The van der Waals surface area contributed by atoms with Crippen molar-refractivity contribution in [2.75, 3.05) is 0 Å². The van der Waals surface area contributed by atoms with Crippen molar-refractivity contribution in [3.05, 3.63) is 66.0 Å². The third-order valence-electron chi connectivity index (χ3n) is 3.28. The van der Waals surface area contributed by atoms with Crippen LogP contribution in [0.4, 0.5) is 0 Å². The van der Waals surface area contributed by atoms with Gasteiger partial charge in [-0.15, -0.1) is 0 Å². The van der Waals surface area contributed by atoms with Crippen LogP contribution in [0, 0.1) is 0 Å². The first kappa shape index (κ1) is 12.4. The molecular formula is C16H15N3O. The Balaban J connectivity index is 1.79. The minimum atomic E-state index is -0.126. The molecule has 0 spiro atoms. The van der Waals surface area contributed by atoms with E-state index in [0.29, 0.717) is 5.69 Å². The monoisotopic (exact) mass is 265 g/mol. The van der Waals surface area contributed by atoms with Crippen LogP contribution in [0.1, 0.15) is 29.0 Å². The summed E-state index contributed by atoms with van der Waals surface area (Å²) in [5.41, 5.74) is 3.27. The van der Waals surface area contributed by atoms with Gasteiger partial charge in [0, 0.05) is 6.20 Å². The molecule has 0 saturated heterocycles. The van der Waals surface area contributed by atoms with Crippen LogP contribution in [-0.4, -0.2) is 15.9 Å². The van der Waals surface area contributed by atoms with Crippen LogP contribution in [0.3, 0.4) is 0 Å². The molecule has 0 aliphatic heterocycles. The van der Waals surface area contributed by atoms with Crippen LogP contribution in [0.5, 0.6) is 0 Å². The van der Waals surface area contributed by atoms with Crippen molar-refractivity contribution in [3.8, 4) is 0 Å². The molecule has 0 aliphatic carbocycles. The maximum atomic E-state index is 12.2. The molecule has 4 heteroatoms. The zero-order chi connectivity index (χ0) is 13.9. The van der Waals surface area contributed by atoms with Gasteiger partial charge in [-0.05, 0) is 30.7 Å². The maximum Gasteiger partial charge on any atom is 0.268 e. The summed E-state index contributed by atoms with van der Waals surface area (Å²) in [6, 6.07) is 15.4. The minimum absolute atomic E-state index is 0.0388. The third kappa shape index (κ3) is 2.40. The predicted octanol–water partition coefficient (Wildman–Crippen LogP) is 3.05. The molecule has 3 aromatic rings. The van der Waals surface area contributed by atoms with Crippen molar-refractivity contribution in [3.63, 3.8) is 0 Å². The van der Waals surface area contributed by atoms with Gasteiger partial charge < -0.3 is 10.3 Å². The number of aromatic nitrogens is 2. The molecule has 0 saturated carbocycles. The highest BCUT2D eigenvalue weighted by Gasteiger charge is 2.13. The Morgan fingerprint density at radius 3 is 2.75 bits per heavy atom. The molecule has 100 valence electrons. The van der Waals surface area contributed by atoms with E-state index in [9.17, 15) is 4.79 Å². The molecule has 0 fully saturated rings. The number of aromatic amines is 1. The summed E-state index contributed by atoms with van der Waals surface area (Å²) in [5, 5.41) is 2.98. The normalized spacial score (nSPS) is 12.2. The van der Waals surface area contributed by atoms with Gasteiger partial charge in [0.15, 0.2) is 0 Å². The van der Waals surface area contributed by atoms with Gasteiger partial charge >= 0.3 is 0 Å². The zero-order valence-corrected chi connectivity index (χ0v) is 11.1. The van der Waals surface area contributed by atoms with Gasteiger partial charge in [0.25, 0.3) is 5.91 Å². The van der Waals surface area contributed by atoms with Crippen molar-refractivity contribution in [2.24, 2.45) is 0 Å². The number of amides is 1. The summed E-state index contributed by atoms with van der Waals surface area (Å²) >= 11 is 0. The number of carbonyl (C=O) groups excluding carboxylic acids is 1. The van der Waals surface area contributed by atoms with Gasteiger partial charge in [0.05, 0.1) is 17.1 Å². The van der Waals surface area contributed by atoms with Crippen LogP contribution >= 0.6 is 0 Å².